The first kappa shape index (κ1) is 23.7. The number of benzene rings is 2. The van der Waals surface area contributed by atoms with Crippen LogP contribution >= 0.6 is 0 Å². The van der Waals surface area contributed by atoms with Crippen LogP contribution in [0.2, 0.25) is 0 Å². The van der Waals surface area contributed by atoms with E-state index in [1.807, 2.05) is 6.92 Å². The topological polar surface area (TPSA) is 87.4 Å². The van der Waals surface area contributed by atoms with E-state index < -0.39 is 16.4 Å². The minimum Gasteiger partial charge on any atom is -0.435 e. The molecule has 0 unspecified atom stereocenters. The summed E-state index contributed by atoms with van der Waals surface area (Å²) in [5.74, 6) is 0.0393. The van der Waals surface area contributed by atoms with E-state index in [0.717, 1.165) is 12.8 Å². The number of aromatic nitrogens is 2. The number of carbonyl (C=O) groups is 1. The van der Waals surface area contributed by atoms with Gasteiger partial charge in [-0.1, -0.05) is 13.0 Å². The number of sulfone groups is 1. The first-order valence-electron chi connectivity index (χ1n) is 11.6. The van der Waals surface area contributed by atoms with Crippen LogP contribution < -0.4 is 10.4 Å². The lowest BCUT2D eigenvalue weighted by atomic mass is 9.78. The zero-order chi connectivity index (χ0) is 25.0. The van der Waals surface area contributed by atoms with Crippen molar-refractivity contribution >= 4 is 26.7 Å². The predicted molar refractivity (Wildman–Crippen MR) is 127 cm³/mol. The van der Waals surface area contributed by atoms with Crippen molar-refractivity contribution in [1.82, 2.24) is 9.13 Å². The minimum atomic E-state index is -3.03. The van der Waals surface area contributed by atoms with Crippen molar-refractivity contribution in [3.8, 4) is 11.4 Å². The molecule has 0 spiro atoms. The Balaban J connectivity index is 1.52. The van der Waals surface area contributed by atoms with Crippen molar-refractivity contribution in [3.05, 3.63) is 58.5 Å². The molecule has 10 heteroatoms. The van der Waals surface area contributed by atoms with Crippen molar-refractivity contribution in [1.29, 1.82) is 0 Å². The van der Waals surface area contributed by atoms with Crippen molar-refractivity contribution in [3.63, 3.8) is 0 Å². The molecule has 2 heterocycles. The highest BCUT2D eigenvalue weighted by Crippen LogP contribution is 2.39. The Bertz CT molecular complexity index is 1460. The van der Waals surface area contributed by atoms with E-state index in [0.29, 0.717) is 35.1 Å². The Kier molecular flexibility index (Phi) is 5.82. The molecule has 2 aromatic carbocycles. The molecule has 1 aliphatic heterocycles. The van der Waals surface area contributed by atoms with E-state index in [1.165, 1.54) is 16.7 Å². The fraction of sp³-hybridized carbons (Fsp3) is 0.440. The first-order valence-corrected chi connectivity index (χ1v) is 13.4. The summed E-state index contributed by atoms with van der Waals surface area (Å²) in [5.41, 5.74) is 1.36. The number of ketones is 1. The molecule has 0 atom stereocenters. The SMILES string of the molecule is CC1(CC(=O)c2ccc3c(c2)n(C2CC2)c(=O)n3-c2cccc(OC(F)F)c2)CCS(=O)(=O)CC1. The number of imidazole rings is 1. The number of carbonyl (C=O) groups excluding carboxylic acids is 1. The molecule has 0 amide bonds. The van der Waals surface area contributed by atoms with E-state index in [1.54, 1.807) is 34.9 Å². The van der Waals surface area contributed by atoms with Gasteiger partial charge in [0, 0.05) is 24.1 Å². The summed E-state index contributed by atoms with van der Waals surface area (Å²) in [6.07, 6.45) is 2.82. The summed E-state index contributed by atoms with van der Waals surface area (Å²) in [5, 5.41) is 0. The van der Waals surface area contributed by atoms with Crippen molar-refractivity contribution < 1.29 is 26.7 Å². The van der Waals surface area contributed by atoms with Gasteiger partial charge in [-0.05, 0) is 61.4 Å². The van der Waals surface area contributed by atoms with Gasteiger partial charge in [0.1, 0.15) is 15.6 Å². The van der Waals surface area contributed by atoms with Gasteiger partial charge in [0.05, 0.1) is 28.2 Å². The van der Waals surface area contributed by atoms with Crippen molar-refractivity contribution in [2.45, 2.75) is 51.7 Å². The number of hydrogen-bond donors (Lipinski definition) is 0. The number of nitrogens with zero attached hydrogens (tertiary/aromatic N) is 2. The fourth-order valence-electron chi connectivity index (χ4n) is 4.82. The maximum absolute atomic E-state index is 13.4. The summed E-state index contributed by atoms with van der Waals surface area (Å²) in [6.45, 7) is -1.03. The lowest BCUT2D eigenvalue weighted by Crippen LogP contribution is -2.33. The van der Waals surface area contributed by atoms with Crippen LogP contribution in [0.5, 0.6) is 5.75 Å². The largest absolute Gasteiger partial charge is 0.435 e. The second-order valence-corrected chi connectivity index (χ2v) is 12.2. The van der Waals surface area contributed by atoms with E-state index in [9.17, 15) is 26.8 Å². The monoisotopic (exact) mass is 504 g/mol. The fourth-order valence-corrected chi connectivity index (χ4v) is 6.64. The number of ether oxygens (including phenoxy) is 1. The molecule has 2 aliphatic rings. The molecule has 5 rings (SSSR count). The van der Waals surface area contributed by atoms with Gasteiger partial charge in [-0.25, -0.2) is 13.2 Å². The second kappa shape index (κ2) is 8.58. The van der Waals surface area contributed by atoms with Crippen LogP contribution in [0.4, 0.5) is 8.78 Å². The van der Waals surface area contributed by atoms with E-state index in [-0.39, 0.29) is 46.6 Å². The molecular weight excluding hydrogens is 478 g/mol. The zero-order valence-electron chi connectivity index (χ0n) is 19.2. The smallest absolute Gasteiger partial charge is 0.387 e. The Morgan fingerprint density at radius 3 is 2.49 bits per heavy atom. The van der Waals surface area contributed by atoms with Gasteiger partial charge >= 0.3 is 12.3 Å². The summed E-state index contributed by atoms with van der Waals surface area (Å²) >= 11 is 0. The van der Waals surface area contributed by atoms with Gasteiger partial charge in [-0.2, -0.15) is 8.78 Å². The van der Waals surface area contributed by atoms with Gasteiger partial charge in [0.25, 0.3) is 0 Å². The van der Waals surface area contributed by atoms with E-state index >= 15 is 0 Å². The maximum atomic E-state index is 13.4. The summed E-state index contributed by atoms with van der Waals surface area (Å²) in [7, 11) is -3.03. The van der Waals surface area contributed by atoms with Gasteiger partial charge in [-0.15, -0.1) is 0 Å². The molecule has 0 N–H and O–H groups in total. The highest BCUT2D eigenvalue weighted by atomic mass is 32.2. The molecule has 35 heavy (non-hydrogen) atoms. The predicted octanol–water partition coefficient (Wildman–Crippen LogP) is 4.52. The number of halogens is 2. The third kappa shape index (κ3) is 4.76. The standard InChI is InChI=1S/C25H26F2N2O5S/c1-25(9-11-35(32,33)12-10-25)15-22(30)16-5-8-20-21(13-16)28(17-6-7-17)24(31)29(20)18-3-2-4-19(14-18)34-23(26)27/h2-5,8,13-14,17,23H,6-7,9-12,15H2,1H3. The van der Waals surface area contributed by atoms with E-state index in [4.69, 9.17) is 0 Å². The lowest BCUT2D eigenvalue weighted by Gasteiger charge is -2.32. The van der Waals surface area contributed by atoms with Crippen LogP contribution in [0, 0.1) is 5.41 Å². The molecule has 1 saturated heterocycles. The quantitative estimate of drug-likeness (QED) is 0.442. The Labute approximate surface area is 201 Å². The molecule has 0 bridgehead atoms. The number of alkyl halides is 2. The second-order valence-electron chi connectivity index (χ2n) is 9.86. The summed E-state index contributed by atoms with van der Waals surface area (Å²) < 4.78 is 56.6. The molecule has 0 radical (unpaired) electrons. The minimum absolute atomic E-state index is 0.0261. The van der Waals surface area contributed by atoms with Crippen LogP contribution in [0.25, 0.3) is 16.7 Å². The zero-order valence-corrected chi connectivity index (χ0v) is 20.1. The van der Waals surface area contributed by atoms with Crippen molar-refractivity contribution in [2.24, 2.45) is 5.41 Å². The molecule has 186 valence electrons. The summed E-state index contributed by atoms with van der Waals surface area (Å²) in [4.78, 5) is 26.6. The van der Waals surface area contributed by atoms with Gasteiger partial charge in [-0.3, -0.25) is 13.9 Å². The van der Waals surface area contributed by atoms with Gasteiger partial charge in [0.2, 0.25) is 0 Å². The molecule has 1 saturated carbocycles. The molecule has 3 aromatic rings. The number of rotatable bonds is 7. The number of hydrogen-bond acceptors (Lipinski definition) is 5. The molecule has 1 aliphatic carbocycles. The third-order valence-electron chi connectivity index (χ3n) is 7.03. The maximum Gasteiger partial charge on any atom is 0.387 e. The Morgan fingerprint density at radius 1 is 1.11 bits per heavy atom. The van der Waals surface area contributed by atoms with Crippen LogP contribution in [0.3, 0.4) is 0 Å². The lowest BCUT2D eigenvalue weighted by molar-refractivity contribution is -0.0498. The summed E-state index contributed by atoms with van der Waals surface area (Å²) in [6, 6.07) is 11.1. The first-order chi connectivity index (χ1) is 16.6. The molecular formula is C25H26F2N2O5S. The van der Waals surface area contributed by atoms with Crippen LogP contribution in [0.1, 0.15) is 55.4 Å². The van der Waals surface area contributed by atoms with Crippen LogP contribution in [-0.4, -0.2) is 41.5 Å². The molecule has 1 aromatic heterocycles. The van der Waals surface area contributed by atoms with Crippen LogP contribution in [-0.2, 0) is 9.84 Å². The van der Waals surface area contributed by atoms with E-state index in [2.05, 4.69) is 4.74 Å². The van der Waals surface area contributed by atoms with Crippen molar-refractivity contribution in [2.75, 3.05) is 11.5 Å². The number of Topliss-reactive ketones (excluding diaryl/α,β-unsaturated/α-hetero) is 1. The molecule has 7 nitrogen and oxygen atoms in total. The Hall–Kier alpha value is -3.01. The third-order valence-corrected chi connectivity index (χ3v) is 8.68. The van der Waals surface area contributed by atoms with Crippen LogP contribution in [0.15, 0.2) is 47.3 Å². The molecule has 2 fully saturated rings. The van der Waals surface area contributed by atoms with Gasteiger partial charge in [0.15, 0.2) is 5.78 Å². The average Bonchev–Trinajstić information content (AvgIpc) is 3.58. The average molecular weight is 505 g/mol. The highest BCUT2D eigenvalue weighted by Gasteiger charge is 2.35. The highest BCUT2D eigenvalue weighted by molar-refractivity contribution is 7.91. The Morgan fingerprint density at radius 2 is 1.83 bits per heavy atom. The number of fused-ring (bicyclic) bond motifs is 1. The van der Waals surface area contributed by atoms with Gasteiger partial charge < -0.3 is 4.74 Å². The normalized spacial score (nSPS) is 19.2.